The summed E-state index contributed by atoms with van der Waals surface area (Å²) in [7, 11) is 0. The van der Waals surface area contributed by atoms with E-state index in [4.69, 9.17) is 11.5 Å². The molecule has 0 aliphatic rings. The Balaban J connectivity index is 3.41. The number of carbonyl (C=O) groups is 1. The van der Waals surface area contributed by atoms with Crippen molar-refractivity contribution in [2.45, 2.75) is 141 Å². The lowest BCUT2D eigenvalue weighted by Gasteiger charge is -2.24. The quantitative estimate of drug-likeness (QED) is 0.180. The van der Waals surface area contributed by atoms with Gasteiger partial charge < -0.3 is 16.6 Å². The summed E-state index contributed by atoms with van der Waals surface area (Å²) in [6, 6.07) is 0. The highest BCUT2D eigenvalue weighted by Crippen LogP contribution is 2.21. The average Bonchev–Trinajstić information content (AvgIpc) is 2.67. The number of nitrogens with two attached hydrogens (primary N) is 2. The molecular formula is C24H50N2O2. The predicted molar refractivity (Wildman–Crippen MR) is 122 cm³/mol. The van der Waals surface area contributed by atoms with Gasteiger partial charge in [0.2, 0.25) is 0 Å². The Kier molecular flexibility index (Phi) is 19.3. The van der Waals surface area contributed by atoms with Crippen LogP contribution >= 0.6 is 0 Å². The molecular weight excluding hydrogens is 348 g/mol. The fraction of sp³-hybridized carbons (Fsp3) is 0.958. The maximum Gasteiger partial charge on any atom is 0.323 e. The highest BCUT2D eigenvalue weighted by molar-refractivity contribution is 5.78. The van der Waals surface area contributed by atoms with Gasteiger partial charge in [0.05, 0.1) is 0 Å². The molecule has 0 heterocycles. The van der Waals surface area contributed by atoms with Crippen LogP contribution in [0.2, 0.25) is 0 Å². The number of rotatable bonds is 22. The van der Waals surface area contributed by atoms with Crippen LogP contribution in [-0.4, -0.2) is 23.2 Å². The Labute approximate surface area is 175 Å². The van der Waals surface area contributed by atoms with E-state index in [0.717, 1.165) is 25.7 Å². The van der Waals surface area contributed by atoms with Gasteiger partial charge in [-0.3, -0.25) is 4.79 Å². The summed E-state index contributed by atoms with van der Waals surface area (Å²) >= 11 is 0. The summed E-state index contributed by atoms with van der Waals surface area (Å²) in [5.74, 6) is -0.856. The highest BCUT2D eigenvalue weighted by atomic mass is 16.4. The third-order valence-corrected chi connectivity index (χ3v) is 5.98. The van der Waals surface area contributed by atoms with Gasteiger partial charge in [-0.05, 0) is 32.2 Å². The van der Waals surface area contributed by atoms with Gasteiger partial charge in [0.1, 0.15) is 5.54 Å². The third kappa shape index (κ3) is 16.4. The third-order valence-electron chi connectivity index (χ3n) is 5.98. The molecule has 1 unspecified atom stereocenters. The van der Waals surface area contributed by atoms with E-state index in [1.165, 1.54) is 89.9 Å². The van der Waals surface area contributed by atoms with Crippen LogP contribution in [-0.2, 0) is 4.79 Å². The van der Waals surface area contributed by atoms with Crippen LogP contribution in [0.5, 0.6) is 0 Å². The van der Waals surface area contributed by atoms with Crippen LogP contribution in [0.4, 0.5) is 0 Å². The van der Waals surface area contributed by atoms with E-state index in [1.807, 2.05) is 0 Å². The summed E-state index contributed by atoms with van der Waals surface area (Å²) in [5, 5.41) is 9.40. The van der Waals surface area contributed by atoms with E-state index in [0.29, 0.717) is 19.4 Å². The lowest BCUT2D eigenvalue weighted by atomic mass is 9.87. The summed E-state index contributed by atoms with van der Waals surface area (Å²) in [4.78, 5) is 11.5. The van der Waals surface area contributed by atoms with Gasteiger partial charge >= 0.3 is 5.97 Å². The Morgan fingerprint density at radius 1 is 0.643 bits per heavy atom. The normalized spacial score (nSPS) is 13.5. The maximum absolute atomic E-state index is 11.5. The second-order valence-electron chi connectivity index (χ2n) is 8.76. The van der Waals surface area contributed by atoms with Crippen molar-refractivity contribution in [2.24, 2.45) is 11.5 Å². The first-order valence-electron chi connectivity index (χ1n) is 12.3. The van der Waals surface area contributed by atoms with E-state index in [-0.39, 0.29) is 0 Å². The van der Waals surface area contributed by atoms with Crippen molar-refractivity contribution in [3.8, 4) is 0 Å². The minimum Gasteiger partial charge on any atom is -0.480 e. The molecule has 28 heavy (non-hydrogen) atoms. The fourth-order valence-corrected chi connectivity index (χ4v) is 3.91. The molecule has 0 rings (SSSR count). The van der Waals surface area contributed by atoms with Crippen LogP contribution in [0.1, 0.15) is 135 Å². The molecule has 0 radical (unpaired) electrons. The molecule has 0 fully saturated rings. The summed E-state index contributed by atoms with van der Waals surface area (Å²) in [6.07, 6.45) is 24.0. The minimum absolute atomic E-state index is 0.540. The van der Waals surface area contributed by atoms with Crippen molar-refractivity contribution in [1.82, 2.24) is 0 Å². The minimum atomic E-state index is -1.05. The van der Waals surface area contributed by atoms with Gasteiger partial charge in [0, 0.05) is 0 Å². The van der Waals surface area contributed by atoms with E-state index in [1.54, 1.807) is 0 Å². The lowest BCUT2D eigenvalue weighted by molar-refractivity contribution is -0.144. The second-order valence-corrected chi connectivity index (χ2v) is 8.76. The number of carboxylic acid groups (broad SMARTS) is 1. The number of carboxylic acids is 1. The molecule has 0 saturated carbocycles. The van der Waals surface area contributed by atoms with Crippen LogP contribution in [0.25, 0.3) is 0 Å². The molecule has 0 bridgehead atoms. The van der Waals surface area contributed by atoms with Gasteiger partial charge in [-0.2, -0.15) is 0 Å². The van der Waals surface area contributed by atoms with Crippen molar-refractivity contribution < 1.29 is 9.90 Å². The summed E-state index contributed by atoms with van der Waals surface area (Å²) in [5.41, 5.74) is 10.5. The Morgan fingerprint density at radius 2 is 0.964 bits per heavy atom. The van der Waals surface area contributed by atoms with Crippen molar-refractivity contribution in [1.29, 1.82) is 0 Å². The van der Waals surface area contributed by atoms with Crippen molar-refractivity contribution in [3.05, 3.63) is 0 Å². The van der Waals surface area contributed by atoms with E-state index in [9.17, 15) is 9.90 Å². The van der Waals surface area contributed by atoms with Gasteiger partial charge in [0.25, 0.3) is 0 Å². The van der Waals surface area contributed by atoms with Crippen LogP contribution < -0.4 is 11.5 Å². The molecule has 0 aromatic rings. The number of aliphatic carboxylic acids is 1. The highest BCUT2D eigenvalue weighted by Gasteiger charge is 2.32. The summed E-state index contributed by atoms with van der Waals surface area (Å²) < 4.78 is 0. The predicted octanol–water partition coefficient (Wildman–Crippen LogP) is 6.55. The zero-order valence-corrected chi connectivity index (χ0v) is 18.9. The van der Waals surface area contributed by atoms with Crippen LogP contribution in [0.3, 0.4) is 0 Å². The molecule has 1 atom stereocenters. The zero-order chi connectivity index (χ0) is 20.9. The Morgan fingerprint density at radius 3 is 1.29 bits per heavy atom. The maximum atomic E-state index is 11.5. The largest absolute Gasteiger partial charge is 0.480 e. The number of hydrogen-bond donors (Lipinski definition) is 3. The molecule has 4 nitrogen and oxygen atoms in total. The molecule has 4 heteroatoms. The van der Waals surface area contributed by atoms with Gasteiger partial charge in [-0.15, -0.1) is 0 Å². The number of hydrogen-bond acceptors (Lipinski definition) is 3. The molecule has 0 spiro atoms. The lowest BCUT2D eigenvalue weighted by Crippen LogP contribution is -2.47. The van der Waals surface area contributed by atoms with Crippen molar-refractivity contribution in [2.75, 3.05) is 6.54 Å². The SMILES string of the molecule is CCCCCCCCCCCCCCCCCCC(N)(CCCCN)C(=O)O. The second kappa shape index (κ2) is 19.7. The summed E-state index contributed by atoms with van der Waals surface area (Å²) in [6.45, 7) is 2.88. The Bertz CT molecular complexity index is 349. The first-order chi connectivity index (χ1) is 13.6. The molecule has 168 valence electrons. The van der Waals surface area contributed by atoms with E-state index in [2.05, 4.69) is 6.92 Å². The molecule has 0 aliphatic heterocycles. The first kappa shape index (κ1) is 27.4. The Hall–Kier alpha value is -0.610. The zero-order valence-electron chi connectivity index (χ0n) is 18.9. The smallest absolute Gasteiger partial charge is 0.323 e. The van der Waals surface area contributed by atoms with Crippen LogP contribution in [0, 0.1) is 0 Å². The topological polar surface area (TPSA) is 89.3 Å². The molecule has 0 aliphatic carbocycles. The van der Waals surface area contributed by atoms with Gasteiger partial charge in [-0.25, -0.2) is 0 Å². The molecule has 5 N–H and O–H groups in total. The van der Waals surface area contributed by atoms with E-state index >= 15 is 0 Å². The molecule has 0 amide bonds. The molecule has 0 aromatic carbocycles. The standard InChI is InChI=1S/C24H50N2O2/c1-2-3-4-5-6-7-8-9-10-11-12-13-14-15-16-17-20-24(26,23(27)28)21-18-19-22-25/h2-22,25-26H2,1H3,(H,27,28). The molecule has 0 aromatic heterocycles. The fourth-order valence-electron chi connectivity index (χ4n) is 3.91. The average molecular weight is 399 g/mol. The number of unbranched alkanes of at least 4 members (excludes halogenated alkanes) is 16. The first-order valence-corrected chi connectivity index (χ1v) is 12.3. The van der Waals surface area contributed by atoms with Gasteiger partial charge in [0.15, 0.2) is 0 Å². The molecule has 0 saturated heterocycles. The van der Waals surface area contributed by atoms with Crippen molar-refractivity contribution in [3.63, 3.8) is 0 Å². The van der Waals surface area contributed by atoms with Gasteiger partial charge in [-0.1, -0.05) is 110 Å². The van der Waals surface area contributed by atoms with E-state index < -0.39 is 11.5 Å². The van der Waals surface area contributed by atoms with Crippen LogP contribution in [0.15, 0.2) is 0 Å². The van der Waals surface area contributed by atoms with Crippen molar-refractivity contribution >= 4 is 5.97 Å². The monoisotopic (exact) mass is 398 g/mol.